The molecule has 1 saturated heterocycles. The Hall–Kier alpha value is -3.60. The molecule has 3 N–H and O–H groups in total. The zero-order chi connectivity index (χ0) is 23.0. The maximum atomic E-state index is 13.3. The molecule has 2 aromatic carbocycles. The highest BCUT2D eigenvalue weighted by atomic mass is 32.2. The third kappa shape index (κ3) is 4.23. The number of nitrogens with one attached hydrogen (secondary N) is 1. The molecule has 3 aromatic rings. The van der Waals surface area contributed by atoms with E-state index in [4.69, 9.17) is 15.2 Å². The first-order valence-electron chi connectivity index (χ1n) is 10.6. The van der Waals surface area contributed by atoms with Crippen LogP contribution in [-0.4, -0.2) is 50.6 Å². The molecule has 1 fully saturated rings. The minimum atomic E-state index is -4.01. The fraction of sp³-hybridized carbons (Fsp3) is 0.318. The molecule has 33 heavy (non-hydrogen) atoms. The van der Waals surface area contributed by atoms with Crippen LogP contribution in [0.1, 0.15) is 12.8 Å². The van der Waals surface area contributed by atoms with E-state index in [-0.39, 0.29) is 22.5 Å². The average molecular weight is 470 g/mol. The van der Waals surface area contributed by atoms with Crippen LogP contribution in [0.5, 0.6) is 11.5 Å². The monoisotopic (exact) mass is 469 g/mol. The number of piperidine rings is 1. The van der Waals surface area contributed by atoms with Crippen LogP contribution in [0.25, 0.3) is 11.0 Å². The Morgan fingerprint density at radius 1 is 1.06 bits per heavy atom. The highest BCUT2D eigenvalue weighted by Crippen LogP contribution is 2.34. The molecule has 2 aliphatic rings. The Bertz CT molecular complexity index is 1330. The van der Waals surface area contributed by atoms with Crippen molar-refractivity contribution in [2.45, 2.75) is 17.7 Å². The Morgan fingerprint density at radius 3 is 2.55 bits per heavy atom. The number of primary amides is 1. The zero-order valence-corrected chi connectivity index (χ0v) is 18.5. The number of benzene rings is 2. The van der Waals surface area contributed by atoms with Gasteiger partial charge in [0, 0.05) is 19.2 Å². The number of carbonyl (C=O) groups excluding carboxylic acids is 1. The minimum Gasteiger partial charge on any atom is -0.486 e. The summed E-state index contributed by atoms with van der Waals surface area (Å²) < 4.78 is 40.1. The first kappa shape index (κ1) is 21.3. The van der Waals surface area contributed by atoms with Gasteiger partial charge >= 0.3 is 0 Å². The van der Waals surface area contributed by atoms with E-state index >= 15 is 0 Å². The number of carbonyl (C=O) groups is 1. The van der Waals surface area contributed by atoms with Gasteiger partial charge in [-0.2, -0.15) is 0 Å². The normalized spacial score (nSPS) is 18.2. The van der Waals surface area contributed by atoms with Crippen LogP contribution in [0.3, 0.4) is 0 Å². The summed E-state index contributed by atoms with van der Waals surface area (Å²) in [5.74, 6) is 0.599. The molecule has 2 aliphatic heterocycles. The van der Waals surface area contributed by atoms with Gasteiger partial charge < -0.3 is 20.1 Å². The second-order valence-corrected chi connectivity index (χ2v) is 9.67. The SMILES string of the molecule is NC(=O)[C@@H]1CCCN(c2nc3ccccc3nc2NS(=O)(=O)c2ccc3c(c2)OCCO3)C1. The second kappa shape index (κ2) is 8.39. The fourth-order valence-electron chi connectivity index (χ4n) is 4.06. The van der Waals surface area contributed by atoms with Gasteiger partial charge in [-0.1, -0.05) is 12.1 Å². The van der Waals surface area contributed by atoms with Crippen molar-refractivity contribution in [1.29, 1.82) is 0 Å². The van der Waals surface area contributed by atoms with E-state index < -0.39 is 10.0 Å². The zero-order valence-electron chi connectivity index (χ0n) is 17.7. The van der Waals surface area contributed by atoms with Crippen molar-refractivity contribution in [1.82, 2.24) is 9.97 Å². The summed E-state index contributed by atoms with van der Waals surface area (Å²) in [5.41, 5.74) is 6.70. The van der Waals surface area contributed by atoms with Crippen molar-refractivity contribution in [3.8, 4) is 11.5 Å². The summed E-state index contributed by atoms with van der Waals surface area (Å²) >= 11 is 0. The molecule has 3 heterocycles. The lowest BCUT2D eigenvalue weighted by atomic mass is 9.97. The molecule has 0 radical (unpaired) electrons. The number of nitrogens with zero attached hydrogens (tertiary/aromatic N) is 3. The van der Waals surface area contributed by atoms with Gasteiger partial charge in [0.2, 0.25) is 5.91 Å². The van der Waals surface area contributed by atoms with Gasteiger partial charge in [-0.05, 0) is 37.1 Å². The van der Waals surface area contributed by atoms with Gasteiger partial charge in [0.05, 0.1) is 21.8 Å². The van der Waals surface area contributed by atoms with E-state index in [0.717, 1.165) is 6.42 Å². The smallest absolute Gasteiger partial charge is 0.263 e. The van der Waals surface area contributed by atoms with Gasteiger partial charge in [-0.25, -0.2) is 18.4 Å². The van der Waals surface area contributed by atoms with Crippen LogP contribution in [0.2, 0.25) is 0 Å². The van der Waals surface area contributed by atoms with Crippen LogP contribution in [0.4, 0.5) is 11.6 Å². The molecule has 11 heteroatoms. The van der Waals surface area contributed by atoms with Crippen molar-refractivity contribution < 1.29 is 22.7 Å². The van der Waals surface area contributed by atoms with Gasteiger partial charge in [0.15, 0.2) is 23.1 Å². The molecule has 0 spiro atoms. The highest BCUT2D eigenvalue weighted by molar-refractivity contribution is 7.92. The number of ether oxygens (including phenoxy) is 2. The highest BCUT2D eigenvalue weighted by Gasteiger charge is 2.29. The number of amides is 1. The number of hydrogen-bond acceptors (Lipinski definition) is 8. The third-order valence-electron chi connectivity index (χ3n) is 5.73. The second-order valence-electron chi connectivity index (χ2n) is 7.98. The minimum absolute atomic E-state index is 0.0151. The number of aromatic nitrogens is 2. The molecule has 0 aliphatic carbocycles. The van der Waals surface area contributed by atoms with Crippen LogP contribution in [-0.2, 0) is 14.8 Å². The predicted octanol–water partition coefficient (Wildman–Crippen LogP) is 1.90. The summed E-state index contributed by atoms with van der Waals surface area (Å²) in [6, 6.07) is 11.7. The molecule has 172 valence electrons. The molecule has 0 saturated carbocycles. The number of nitrogens with two attached hydrogens (primary N) is 1. The maximum Gasteiger partial charge on any atom is 0.263 e. The van der Waals surface area contributed by atoms with Crippen molar-refractivity contribution in [2.75, 3.05) is 35.9 Å². The first-order chi connectivity index (χ1) is 15.9. The standard InChI is InChI=1S/C22H23N5O5S/c23-20(28)14-4-3-9-27(13-14)22-21(24-16-5-1-2-6-17(16)25-22)26-33(29,30)15-7-8-18-19(12-15)32-11-10-31-18/h1-2,5-8,12,14H,3-4,9-11,13H2,(H2,23,28)(H,24,26)/t14-/m1/s1. The summed E-state index contributed by atoms with van der Waals surface area (Å²) in [6.07, 6.45) is 1.42. The number of rotatable bonds is 5. The largest absolute Gasteiger partial charge is 0.486 e. The summed E-state index contributed by atoms with van der Waals surface area (Å²) in [4.78, 5) is 22.9. The fourth-order valence-corrected chi connectivity index (χ4v) is 5.08. The maximum absolute atomic E-state index is 13.3. The molecule has 1 aromatic heterocycles. The number of sulfonamides is 1. The number of para-hydroxylation sites is 2. The van der Waals surface area contributed by atoms with Crippen LogP contribution >= 0.6 is 0 Å². The van der Waals surface area contributed by atoms with E-state index in [9.17, 15) is 13.2 Å². The van der Waals surface area contributed by atoms with E-state index in [1.807, 2.05) is 11.0 Å². The lowest BCUT2D eigenvalue weighted by molar-refractivity contribution is -0.122. The molecule has 0 bridgehead atoms. The molecule has 1 amide bonds. The number of fused-ring (bicyclic) bond motifs is 2. The Labute approximate surface area is 190 Å². The van der Waals surface area contributed by atoms with Gasteiger partial charge in [-0.15, -0.1) is 0 Å². The van der Waals surface area contributed by atoms with Crippen LogP contribution in [0, 0.1) is 5.92 Å². The van der Waals surface area contributed by atoms with E-state index in [0.29, 0.717) is 61.1 Å². The average Bonchev–Trinajstić information content (AvgIpc) is 2.83. The Morgan fingerprint density at radius 2 is 1.79 bits per heavy atom. The topological polar surface area (TPSA) is 137 Å². The van der Waals surface area contributed by atoms with Crippen molar-refractivity contribution in [3.05, 3.63) is 42.5 Å². The van der Waals surface area contributed by atoms with E-state index in [2.05, 4.69) is 14.7 Å². The van der Waals surface area contributed by atoms with Gasteiger partial charge in [0.1, 0.15) is 13.2 Å². The van der Waals surface area contributed by atoms with E-state index in [1.54, 1.807) is 24.3 Å². The van der Waals surface area contributed by atoms with Crippen molar-refractivity contribution in [2.24, 2.45) is 11.7 Å². The summed E-state index contributed by atoms with van der Waals surface area (Å²) in [6.45, 7) is 1.71. The van der Waals surface area contributed by atoms with Crippen molar-refractivity contribution in [3.63, 3.8) is 0 Å². The Kier molecular flexibility index (Phi) is 5.41. The van der Waals surface area contributed by atoms with Crippen LogP contribution in [0.15, 0.2) is 47.4 Å². The lowest BCUT2D eigenvalue weighted by Gasteiger charge is -2.33. The predicted molar refractivity (Wildman–Crippen MR) is 122 cm³/mol. The lowest BCUT2D eigenvalue weighted by Crippen LogP contribution is -2.42. The number of anilines is 2. The molecular weight excluding hydrogens is 446 g/mol. The first-order valence-corrected chi connectivity index (χ1v) is 12.1. The Balaban J connectivity index is 1.54. The molecule has 1 atom stereocenters. The third-order valence-corrected chi connectivity index (χ3v) is 7.07. The molecule has 10 nitrogen and oxygen atoms in total. The number of hydrogen-bond donors (Lipinski definition) is 2. The molecular formula is C22H23N5O5S. The van der Waals surface area contributed by atoms with Crippen molar-refractivity contribution >= 4 is 38.6 Å². The summed E-state index contributed by atoms with van der Waals surface area (Å²) in [5, 5.41) is 0. The summed E-state index contributed by atoms with van der Waals surface area (Å²) in [7, 11) is -4.01. The quantitative estimate of drug-likeness (QED) is 0.578. The molecule has 5 rings (SSSR count). The van der Waals surface area contributed by atoms with Gasteiger partial charge in [-0.3, -0.25) is 9.52 Å². The van der Waals surface area contributed by atoms with Gasteiger partial charge in [0.25, 0.3) is 10.0 Å². The van der Waals surface area contributed by atoms with Crippen LogP contribution < -0.4 is 24.8 Å². The van der Waals surface area contributed by atoms with E-state index in [1.165, 1.54) is 12.1 Å². The molecule has 0 unspecified atom stereocenters.